The molecule has 0 atom stereocenters. The first-order chi connectivity index (χ1) is 16.6. The number of hydrogen-bond acceptors (Lipinski definition) is 6. The largest absolute Gasteiger partial charge is 0.450 e. The summed E-state index contributed by atoms with van der Waals surface area (Å²) in [7, 11) is -1.87. The summed E-state index contributed by atoms with van der Waals surface area (Å²) >= 11 is 1.45. The highest BCUT2D eigenvalue weighted by molar-refractivity contribution is 7.89. The summed E-state index contributed by atoms with van der Waals surface area (Å²) < 4.78 is 35.4. The van der Waals surface area contributed by atoms with E-state index in [1.807, 2.05) is 25.5 Å². The van der Waals surface area contributed by atoms with Gasteiger partial charge in [0.05, 0.1) is 21.7 Å². The zero-order chi connectivity index (χ0) is 25.3. The van der Waals surface area contributed by atoms with E-state index in [4.69, 9.17) is 4.74 Å². The van der Waals surface area contributed by atoms with Crippen LogP contribution < -0.4 is 4.80 Å². The lowest BCUT2D eigenvalue weighted by atomic mass is 10.1. The number of aromatic nitrogens is 1. The topological polar surface area (TPSA) is 101 Å². The molecule has 2 aromatic carbocycles. The summed E-state index contributed by atoms with van der Waals surface area (Å²) in [5.41, 5.74) is 3.59. The lowest BCUT2D eigenvalue weighted by molar-refractivity contribution is 0.0933. The number of fused-ring (bicyclic) bond motifs is 1. The molecular formula is C24H28N4O5S2. The zero-order valence-corrected chi connectivity index (χ0v) is 21.8. The monoisotopic (exact) mass is 516 g/mol. The molecule has 0 bridgehead atoms. The molecular weight excluding hydrogens is 488 g/mol. The highest BCUT2D eigenvalue weighted by Gasteiger charge is 2.30. The summed E-state index contributed by atoms with van der Waals surface area (Å²) in [5.74, 6) is -0.437. The lowest BCUT2D eigenvalue weighted by Crippen LogP contribution is -2.50. The quantitative estimate of drug-likeness (QED) is 0.531. The Hall–Kier alpha value is -3.02. The molecule has 1 aromatic heterocycles. The number of piperazine rings is 1. The number of sulfonamides is 1. The number of rotatable bonds is 4. The van der Waals surface area contributed by atoms with Gasteiger partial charge in [-0.05, 0) is 62.2 Å². The van der Waals surface area contributed by atoms with Gasteiger partial charge >= 0.3 is 6.09 Å². The fourth-order valence-corrected chi connectivity index (χ4v) is 6.56. The Labute approximate surface area is 208 Å². The maximum atomic E-state index is 13.0. The summed E-state index contributed by atoms with van der Waals surface area (Å²) in [4.78, 5) is 31.1. The summed E-state index contributed by atoms with van der Waals surface area (Å²) in [6.07, 6.45) is -0.437. The van der Waals surface area contributed by atoms with E-state index in [0.29, 0.717) is 10.4 Å². The van der Waals surface area contributed by atoms with Crippen LogP contribution in [0.5, 0.6) is 0 Å². The number of ether oxygens (including phenoxy) is 1. The smallest absolute Gasteiger partial charge is 0.409 e. The number of benzene rings is 2. The number of amides is 2. The lowest BCUT2D eigenvalue weighted by Gasteiger charge is -2.33. The second kappa shape index (κ2) is 9.92. The standard InChI is InChI=1S/C24H28N4O5S2/c1-5-33-24(30)27-10-12-28(13-11-27)35(31,32)19-8-6-18(7-9-19)22(29)25-23-26(4)20-15-16(2)14-17(3)21(20)34-23/h6-9,14-15H,5,10-13H2,1-4H3. The SMILES string of the molecule is CCOC(=O)N1CCN(S(=O)(=O)c2ccc(C(=O)N=c3sc4c(C)cc(C)cc4n3C)cc2)CC1. The number of aryl methyl sites for hydroxylation is 3. The van der Waals surface area contributed by atoms with Gasteiger partial charge in [0, 0.05) is 38.8 Å². The van der Waals surface area contributed by atoms with Gasteiger partial charge in [-0.3, -0.25) is 4.79 Å². The van der Waals surface area contributed by atoms with Crippen molar-refractivity contribution in [3.05, 3.63) is 57.9 Å². The molecule has 4 rings (SSSR count). The van der Waals surface area contributed by atoms with Crippen LogP contribution in [0.15, 0.2) is 46.3 Å². The minimum atomic E-state index is -3.75. The summed E-state index contributed by atoms with van der Waals surface area (Å²) in [6.45, 7) is 6.95. The zero-order valence-electron chi connectivity index (χ0n) is 20.1. The molecule has 1 aliphatic heterocycles. The van der Waals surface area contributed by atoms with Crippen LogP contribution in [-0.4, -0.2) is 67.0 Å². The van der Waals surface area contributed by atoms with E-state index in [-0.39, 0.29) is 37.7 Å². The third-order valence-electron chi connectivity index (χ3n) is 5.94. The normalized spacial score (nSPS) is 15.5. The molecule has 2 heterocycles. The summed E-state index contributed by atoms with van der Waals surface area (Å²) in [5, 5.41) is 0. The van der Waals surface area contributed by atoms with Crippen LogP contribution >= 0.6 is 11.3 Å². The van der Waals surface area contributed by atoms with Crippen molar-refractivity contribution in [2.75, 3.05) is 32.8 Å². The molecule has 186 valence electrons. The fraction of sp³-hybridized carbons (Fsp3) is 0.375. The van der Waals surface area contributed by atoms with E-state index in [1.54, 1.807) is 6.92 Å². The van der Waals surface area contributed by atoms with Gasteiger partial charge in [-0.15, -0.1) is 0 Å². The Bertz CT molecular complexity index is 1450. The van der Waals surface area contributed by atoms with Crippen molar-refractivity contribution in [2.24, 2.45) is 12.0 Å². The molecule has 0 unspecified atom stereocenters. The van der Waals surface area contributed by atoms with E-state index in [1.165, 1.54) is 44.8 Å². The van der Waals surface area contributed by atoms with E-state index in [9.17, 15) is 18.0 Å². The summed E-state index contributed by atoms with van der Waals surface area (Å²) in [6, 6.07) is 9.98. The predicted octanol–water partition coefficient (Wildman–Crippen LogP) is 3.06. The average Bonchev–Trinajstić information content (AvgIpc) is 3.15. The first-order valence-corrected chi connectivity index (χ1v) is 13.5. The Balaban J connectivity index is 1.52. The van der Waals surface area contributed by atoms with Crippen LogP contribution in [0.4, 0.5) is 4.79 Å². The number of thiazole rings is 1. The average molecular weight is 517 g/mol. The van der Waals surface area contributed by atoms with Gasteiger partial charge in [-0.1, -0.05) is 17.4 Å². The Morgan fingerprint density at radius 1 is 1.06 bits per heavy atom. The van der Waals surface area contributed by atoms with Gasteiger partial charge in [0.15, 0.2) is 4.80 Å². The van der Waals surface area contributed by atoms with Gasteiger partial charge in [0.2, 0.25) is 10.0 Å². The molecule has 1 saturated heterocycles. The predicted molar refractivity (Wildman–Crippen MR) is 134 cm³/mol. The van der Waals surface area contributed by atoms with E-state index >= 15 is 0 Å². The van der Waals surface area contributed by atoms with Gasteiger partial charge in [-0.2, -0.15) is 9.30 Å². The maximum absolute atomic E-state index is 13.0. The van der Waals surface area contributed by atoms with Gasteiger partial charge < -0.3 is 14.2 Å². The Morgan fingerprint density at radius 2 is 1.71 bits per heavy atom. The minimum absolute atomic E-state index is 0.0946. The fourth-order valence-electron chi connectivity index (χ4n) is 4.07. The van der Waals surface area contributed by atoms with Crippen molar-refractivity contribution < 1.29 is 22.7 Å². The highest BCUT2D eigenvalue weighted by Crippen LogP contribution is 2.23. The Kier molecular flexibility index (Phi) is 7.11. The molecule has 9 nitrogen and oxygen atoms in total. The Morgan fingerprint density at radius 3 is 2.34 bits per heavy atom. The van der Waals surface area contributed by atoms with Crippen LogP contribution in [0.2, 0.25) is 0 Å². The van der Waals surface area contributed by atoms with Crippen LogP contribution in [-0.2, 0) is 21.8 Å². The van der Waals surface area contributed by atoms with Gasteiger partial charge in [0.25, 0.3) is 5.91 Å². The van der Waals surface area contributed by atoms with E-state index < -0.39 is 22.0 Å². The van der Waals surface area contributed by atoms with Crippen molar-refractivity contribution in [3.63, 3.8) is 0 Å². The number of nitrogens with zero attached hydrogens (tertiary/aromatic N) is 4. The maximum Gasteiger partial charge on any atom is 0.409 e. The van der Waals surface area contributed by atoms with Crippen molar-refractivity contribution in [3.8, 4) is 0 Å². The van der Waals surface area contributed by atoms with Crippen molar-refractivity contribution in [2.45, 2.75) is 25.7 Å². The molecule has 3 aromatic rings. The van der Waals surface area contributed by atoms with Crippen LogP contribution in [0, 0.1) is 13.8 Å². The molecule has 0 aliphatic carbocycles. The van der Waals surface area contributed by atoms with Gasteiger partial charge in [0.1, 0.15) is 0 Å². The third-order valence-corrected chi connectivity index (χ3v) is 9.14. The first-order valence-electron chi connectivity index (χ1n) is 11.3. The second-order valence-electron chi connectivity index (χ2n) is 8.41. The number of carbonyl (C=O) groups excluding carboxylic acids is 2. The molecule has 0 saturated carbocycles. The van der Waals surface area contributed by atoms with Crippen LogP contribution in [0.3, 0.4) is 0 Å². The number of carbonyl (C=O) groups is 2. The van der Waals surface area contributed by atoms with Crippen LogP contribution in [0.1, 0.15) is 28.4 Å². The second-order valence-corrected chi connectivity index (χ2v) is 11.3. The highest BCUT2D eigenvalue weighted by atomic mass is 32.2. The molecule has 35 heavy (non-hydrogen) atoms. The molecule has 0 radical (unpaired) electrons. The van der Waals surface area contributed by atoms with E-state index in [0.717, 1.165) is 21.3 Å². The van der Waals surface area contributed by atoms with Crippen LogP contribution in [0.25, 0.3) is 10.2 Å². The molecule has 1 fully saturated rings. The van der Waals surface area contributed by atoms with Crippen molar-refractivity contribution in [1.29, 1.82) is 0 Å². The molecule has 0 N–H and O–H groups in total. The number of hydrogen-bond donors (Lipinski definition) is 0. The van der Waals surface area contributed by atoms with Gasteiger partial charge in [-0.25, -0.2) is 13.2 Å². The minimum Gasteiger partial charge on any atom is -0.450 e. The van der Waals surface area contributed by atoms with Crippen molar-refractivity contribution >= 4 is 43.6 Å². The van der Waals surface area contributed by atoms with E-state index in [2.05, 4.69) is 17.1 Å². The molecule has 11 heteroatoms. The molecule has 2 amide bonds. The van der Waals surface area contributed by atoms with Crippen molar-refractivity contribution in [1.82, 2.24) is 13.8 Å². The molecule has 1 aliphatic rings. The first kappa shape index (κ1) is 25.1. The third kappa shape index (κ3) is 5.02. The molecule has 0 spiro atoms.